The summed E-state index contributed by atoms with van der Waals surface area (Å²) in [5.41, 5.74) is 4.78. The number of nitrogens with one attached hydrogen (secondary N) is 1. The lowest BCUT2D eigenvalue weighted by atomic mass is 9.91. The van der Waals surface area contributed by atoms with E-state index in [-0.39, 0.29) is 17.9 Å². The Morgan fingerprint density at radius 1 is 1.26 bits per heavy atom. The Morgan fingerprint density at radius 3 is 2.85 bits per heavy atom. The smallest absolute Gasteiger partial charge is 0.274 e. The first-order valence-corrected chi connectivity index (χ1v) is 8.89. The number of aromatic nitrogens is 2. The van der Waals surface area contributed by atoms with Crippen molar-refractivity contribution >= 4 is 36.3 Å². The Balaban J connectivity index is 1.65. The van der Waals surface area contributed by atoms with Gasteiger partial charge in [0.15, 0.2) is 5.69 Å². The van der Waals surface area contributed by atoms with Crippen LogP contribution in [-0.4, -0.2) is 40.7 Å². The number of amides is 2. The first kappa shape index (κ1) is 17.3. The zero-order chi connectivity index (χ0) is 19.1. The topological polar surface area (TPSA) is 66.7 Å². The summed E-state index contributed by atoms with van der Waals surface area (Å²) < 4.78 is 1.63. The van der Waals surface area contributed by atoms with Gasteiger partial charge in [0.25, 0.3) is 5.91 Å². The number of anilines is 1. The third-order valence-electron chi connectivity index (χ3n) is 5.01. The fraction of sp³-hybridized carbons (Fsp3) is 0.250. The highest BCUT2D eigenvalue weighted by atomic mass is 16.2. The van der Waals surface area contributed by atoms with Gasteiger partial charge >= 0.3 is 0 Å². The lowest BCUT2D eigenvalue weighted by molar-refractivity contribution is -0.114. The van der Waals surface area contributed by atoms with E-state index in [2.05, 4.69) is 10.4 Å². The fourth-order valence-corrected chi connectivity index (χ4v) is 3.71. The van der Waals surface area contributed by atoms with Gasteiger partial charge in [0.2, 0.25) is 5.91 Å². The first-order chi connectivity index (χ1) is 12.9. The predicted molar refractivity (Wildman–Crippen MR) is 104 cm³/mol. The minimum absolute atomic E-state index is 0.0986. The highest BCUT2D eigenvalue weighted by Crippen LogP contribution is 2.34. The predicted octanol–water partition coefficient (Wildman–Crippen LogP) is 1.85. The quantitative estimate of drug-likeness (QED) is 0.711. The largest absolute Gasteiger partial charge is 0.330 e. The van der Waals surface area contributed by atoms with E-state index < -0.39 is 0 Å². The minimum atomic E-state index is -0.111. The monoisotopic (exact) mass is 358 g/mol. The van der Waals surface area contributed by atoms with Gasteiger partial charge < -0.3 is 10.2 Å². The summed E-state index contributed by atoms with van der Waals surface area (Å²) >= 11 is 0. The van der Waals surface area contributed by atoms with E-state index in [1.165, 1.54) is 6.92 Å². The van der Waals surface area contributed by atoms with Gasteiger partial charge in [-0.1, -0.05) is 23.7 Å². The molecule has 2 aromatic heterocycles. The van der Waals surface area contributed by atoms with Crippen LogP contribution in [-0.2, 0) is 11.2 Å². The maximum atomic E-state index is 13.1. The van der Waals surface area contributed by atoms with E-state index in [0.29, 0.717) is 24.1 Å². The molecule has 27 heavy (non-hydrogen) atoms. The van der Waals surface area contributed by atoms with Crippen molar-refractivity contribution in [1.29, 1.82) is 0 Å². The van der Waals surface area contributed by atoms with Gasteiger partial charge in [-0.3, -0.25) is 9.59 Å². The van der Waals surface area contributed by atoms with E-state index in [1.807, 2.05) is 36.1 Å². The Morgan fingerprint density at radius 2 is 2.07 bits per heavy atom. The molecule has 0 spiro atoms. The molecule has 6 nitrogen and oxygen atoms in total. The van der Waals surface area contributed by atoms with Gasteiger partial charge in [-0.2, -0.15) is 5.10 Å². The molecule has 0 bridgehead atoms. The SMILES string of the molecule is [B]c1ccc2cc(C(=O)N3CCc4c(NC(C)=O)cccc4C3C)nn2c1. The summed E-state index contributed by atoms with van der Waals surface area (Å²) in [4.78, 5) is 26.4. The van der Waals surface area contributed by atoms with Crippen LogP contribution in [0.15, 0.2) is 42.6 Å². The molecular formula is C20H19BN4O2. The zero-order valence-electron chi connectivity index (χ0n) is 15.3. The molecule has 7 heteroatoms. The third-order valence-corrected chi connectivity index (χ3v) is 5.01. The van der Waals surface area contributed by atoms with Crippen LogP contribution >= 0.6 is 0 Å². The normalized spacial score (nSPS) is 16.2. The Kier molecular flexibility index (Phi) is 4.22. The van der Waals surface area contributed by atoms with Gasteiger partial charge in [0.1, 0.15) is 7.85 Å². The van der Waals surface area contributed by atoms with E-state index in [9.17, 15) is 9.59 Å². The van der Waals surface area contributed by atoms with Crippen molar-refractivity contribution in [3.63, 3.8) is 0 Å². The summed E-state index contributed by atoms with van der Waals surface area (Å²) in [5.74, 6) is -0.209. The van der Waals surface area contributed by atoms with Crippen molar-refractivity contribution < 1.29 is 9.59 Å². The second-order valence-electron chi connectivity index (χ2n) is 6.84. The minimum Gasteiger partial charge on any atom is -0.330 e. The highest BCUT2D eigenvalue weighted by molar-refractivity contribution is 6.32. The van der Waals surface area contributed by atoms with E-state index >= 15 is 0 Å². The van der Waals surface area contributed by atoms with Crippen LogP contribution in [0.4, 0.5) is 5.69 Å². The molecule has 1 aliphatic heterocycles. The zero-order valence-corrected chi connectivity index (χ0v) is 15.3. The van der Waals surface area contributed by atoms with Crippen LogP contribution < -0.4 is 10.8 Å². The van der Waals surface area contributed by atoms with Crippen LogP contribution in [0.2, 0.25) is 0 Å². The standard InChI is InChI=1S/C20H19BN4O2/c1-12-16-4-3-5-18(22-13(2)26)17(16)8-9-24(12)20(27)19-10-15-7-6-14(21)11-25(15)23-19/h3-7,10-12H,8-9H2,1-2H3,(H,22,26). The Hall–Kier alpha value is -3.09. The molecule has 2 amide bonds. The molecule has 1 N–H and O–H groups in total. The number of nitrogens with zero attached hydrogens (tertiary/aromatic N) is 3. The maximum absolute atomic E-state index is 13.1. The van der Waals surface area contributed by atoms with Gasteiger partial charge in [-0.05, 0) is 42.7 Å². The van der Waals surface area contributed by atoms with Crippen LogP contribution in [0.1, 0.15) is 41.5 Å². The van der Waals surface area contributed by atoms with Gasteiger partial charge in [0.05, 0.1) is 11.6 Å². The molecule has 2 radical (unpaired) electrons. The average molecular weight is 358 g/mol. The number of benzene rings is 1. The highest BCUT2D eigenvalue weighted by Gasteiger charge is 2.30. The van der Waals surface area contributed by atoms with Crippen LogP contribution in [0, 0.1) is 0 Å². The van der Waals surface area contributed by atoms with Crippen LogP contribution in [0.5, 0.6) is 0 Å². The Labute approximate surface area is 158 Å². The molecule has 3 heterocycles. The molecule has 3 aromatic rings. The number of pyridine rings is 1. The summed E-state index contributed by atoms with van der Waals surface area (Å²) in [7, 11) is 5.79. The molecule has 0 saturated carbocycles. The molecule has 4 rings (SSSR count). The molecular weight excluding hydrogens is 339 g/mol. The van der Waals surface area contributed by atoms with Gasteiger partial charge in [-0.25, -0.2) is 4.52 Å². The molecule has 134 valence electrons. The number of rotatable bonds is 2. The second kappa shape index (κ2) is 6.57. The summed E-state index contributed by atoms with van der Waals surface area (Å²) in [6.45, 7) is 4.07. The lowest BCUT2D eigenvalue weighted by Crippen LogP contribution is -2.39. The number of hydrogen-bond donors (Lipinski definition) is 1. The second-order valence-corrected chi connectivity index (χ2v) is 6.84. The van der Waals surface area contributed by atoms with Gasteiger partial charge in [-0.15, -0.1) is 0 Å². The fourth-order valence-electron chi connectivity index (χ4n) is 3.71. The molecule has 1 aromatic carbocycles. The number of carbonyl (C=O) groups is 2. The van der Waals surface area contributed by atoms with E-state index in [4.69, 9.17) is 7.85 Å². The third kappa shape index (κ3) is 3.09. The van der Waals surface area contributed by atoms with Crippen molar-refractivity contribution in [2.75, 3.05) is 11.9 Å². The first-order valence-electron chi connectivity index (χ1n) is 8.89. The summed E-state index contributed by atoms with van der Waals surface area (Å²) in [5, 5.41) is 7.27. The van der Waals surface area contributed by atoms with Crippen LogP contribution in [0.25, 0.3) is 5.52 Å². The molecule has 0 fully saturated rings. The van der Waals surface area contributed by atoms with Crippen molar-refractivity contribution in [2.45, 2.75) is 26.3 Å². The number of fused-ring (bicyclic) bond motifs is 2. The lowest BCUT2D eigenvalue weighted by Gasteiger charge is -2.35. The van der Waals surface area contributed by atoms with Crippen LogP contribution in [0.3, 0.4) is 0 Å². The summed E-state index contributed by atoms with van der Waals surface area (Å²) in [6.07, 6.45) is 2.38. The van der Waals surface area contributed by atoms with Crippen molar-refractivity contribution in [1.82, 2.24) is 14.5 Å². The van der Waals surface area contributed by atoms with Crippen molar-refractivity contribution in [2.24, 2.45) is 0 Å². The van der Waals surface area contributed by atoms with E-state index in [1.54, 1.807) is 22.8 Å². The molecule has 0 saturated heterocycles. The molecule has 0 aliphatic carbocycles. The Bertz CT molecular complexity index is 1060. The number of hydrogen-bond acceptors (Lipinski definition) is 3. The van der Waals surface area contributed by atoms with Crippen molar-refractivity contribution in [3.8, 4) is 0 Å². The summed E-state index contributed by atoms with van der Waals surface area (Å²) in [6, 6.07) is 11.1. The van der Waals surface area contributed by atoms with E-state index in [0.717, 1.165) is 22.3 Å². The average Bonchev–Trinajstić information content (AvgIpc) is 3.05. The maximum Gasteiger partial charge on any atom is 0.274 e. The van der Waals surface area contributed by atoms with Crippen molar-refractivity contribution in [3.05, 3.63) is 59.4 Å². The molecule has 1 aliphatic rings. The molecule has 1 atom stereocenters. The number of carbonyl (C=O) groups excluding carboxylic acids is 2. The van der Waals surface area contributed by atoms with Gasteiger partial charge in [0, 0.05) is 25.4 Å². The molecule has 1 unspecified atom stereocenters.